The summed E-state index contributed by atoms with van der Waals surface area (Å²) in [4.78, 5) is 0.489. The van der Waals surface area contributed by atoms with Crippen LogP contribution in [-0.4, -0.2) is 17.2 Å². The molecule has 1 aromatic heterocycles. The molecule has 1 aromatic rings. The van der Waals surface area contributed by atoms with E-state index < -0.39 is 7.12 Å². The second-order valence-corrected chi connectivity index (χ2v) is 2.80. The normalized spacial score (nSPS) is 8.90. The van der Waals surface area contributed by atoms with Gasteiger partial charge in [-0.2, -0.15) is 5.26 Å². The second kappa shape index (κ2) is 2.84. The molecule has 0 bridgehead atoms. The van der Waals surface area contributed by atoms with Crippen LogP contribution in [-0.2, 0) is 0 Å². The van der Waals surface area contributed by atoms with Crippen LogP contribution in [0.1, 0.15) is 4.88 Å². The Morgan fingerprint density at radius 3 is 2.50 bits per heavy atom. The molecule has 0 aliphatic heterocycles. The fraction of sp³-hybridized carbons (Fsp3) is 0. The van der Waals surface area contributed by atoms with Crippen LogP contribution in [0.2, 0.25) is 0 Å². The highest BCUT2D eigenvalue weighted by atomic mass is 32.1. The quantitative estimate of drug-likeness (QED) is 0.524. The molecule has 0 aromatic carbocycles. The van der Waals surface area contributed by atoms with Crippen LogP contribution < -0.4 is 4.78 Å². The van der Waals surface area contributed by atoms with Crippen LogP contribution in [0, 0.1) is 11.3 Å². The molecule has 0 unspecified atom stereocenters. The first kappa shape index (κ1) is 7.28. The number of hydrogen-bond acceptors (Lipinski definition) is 4. The highest BCUT2D eigenvalue weighted by molar-refractivity contribution is 7.22. The number of nitrogens with zero attached hydrogens (tertiary/aromatic N) is 1. The zero-order valence-corrected chi connectivity index (χ0v) is 5.80. The maximum Gasteiger partial charge on any atom is 0.499 e. The molecule has 3 nitrogen and oxygen atoms in total. The molecule has 0 amide bonds. The molecule has 0 spiro atoms. The summed E-state index contributed by atoms with van der Waals surface area (Å²) in [6.45, 7) is 0. The minimum Gasteiger partial charge on any atom is -0.423 e. The first-order chi connectivity index (χ1) is 4.74. The predicted molar refractivity (Wildman–Crippen MR) is 38.9 cm³/mol. The molecule has 0 atom stereocenters. The van der Waals surface area contributed by atoms with Crippen molar-refractivity contribution >= 4 is 23.2 Å². The van der Waals surface area contributed by atoms with E-state index in [0.717, 1.165) is 11.3 Å². The lowest BCUT2D eigenvalue weighted by Crippen LogP contribution is -2.26. The maximum absolute atomic E-state index is 8.59. The number of rotatable bonds is 1. The monoisotopic (exact) mass is 153 g/mol. The van der Waals surface area contributed by atoms with Gasteiger partial charge in [-0.15, -0.1) is 11.3 Å². The van der Waals surface area contributed by atoms with Gasteiger partial charge < -0.3 is 10.0 Å². The van der Waals surface area contributed by atoms with Gasteiger partial charge in [0.25, 0.3) is 0 Å². The molecule has 0 aliphatic carbocycles. The summed E-state index contributed by atoms with van der Waals surface area (Å²) in [5, 5.41) is 25.5. The Morgan fingerprint density at radius 2 is 2.20 bits per heavy atom. The van der Waals surface area contributed by atoms with E-state index in [-0.39, 0.29) is 0 Å². The Morgan fingerprint density at radius 1 is 1.50 bits per heavy atom. The van der Waals surface area contributed by atoms with E-state index in [9.17, 15) is 0 Å². The lowest BCUT2D eigenvalue weighted by Gasteiger charge is -1.87. The second-order valence-electron chi connectivity index (χ2n) is 1.69. The van der Waals surface area contributed by atoms with Crippen LogP contribution in [0.3, 0.4) is 0 Å². The highest BCUT2D eigenvalue weighted by Gasteiger charge is 2.12. The first-order valence-corrected chi connectivity index (χ1v) is 3.41. The summed E-state index contributed by atoms with van der Waals surface area (Å²) in [5.74, 6) is 0. The van der Waals surface area contributed by atoms with Crippen molar-refractivity contribution in [3.63, 3.8) is 0 Å². The van der Waals surface area contributed by atoms with Crippen molar-refractivity contribution in [3.8, 4) is 6.07 Å². The minimum absolute atomic E-state index is 0.400. The topological polar surface area (TPSA) is 64.2 Å². The highest BCUT2D eigenvalue weighted by Crippen LogP contribution is 2.03. The summed E-state index contributed by atoms with van der Waals surface area (Å²) in [5.41, 5.74) is 0. The van der Waals surface area contributed by atoms with Gasteiger partial charge in [0.1, 0.15) is 10.9 Å². The molecule has 0 saturated carbocycles. The maximum atomic E-state index is 8.59. The number of hydrogen-bond donors (Lipinski definition) is 2. The van der Waals surface area contributed by atoms with E-state index in [2.05, 4.69) is 0 Å². The van der Waals surface area contributed by atoms with Crippen molar-refractivity contribution in [2.24, 2.45) is 0 Å². The van der Waals surface area contributed by atoms with Gasteiger partial charge in [0.15, 0.2) is 0 Å². The van der Waals surface area contributed by atoms with Crippen LogP contribution in [0.5, 0.6) is 0 Å². The van der Waals surface area contributed by atoms with E-state index in [1.807, 2.05) is 6.07 Å². The summed E-state index contributed by atoms with van der Waals surface area (Å²) in [7, 11) is -1.45. The van der Waals surface area contributed by atoms with Gasteiger partial charge in [-0.25, -0.2) is 0 Å². The van der Waals surface area contributed by atoms with Crippen molar-refractivity contribution in [1.82, 2.24) is 0 Å². The SMILES string of the molecule is N#Cc1ccc(B(O)O)s1. The average molecular weight is 153 g/mol. The zero-order chi connectivity index (χ0) is 7.56. The van der Waals surface area contributed by atoms with Gasteiger partial charge in [0.05, 0.1) is 0 Å². The van der Waals surface area contributed by atoms with Crippen molar-refractivity contribution in [2.75, 3.05) is 0 Å². The number of thiophene rings is 1. The first-order valence-electron chi connectivity index (χ1n) is 2.60. The molecule has 0 radical (unpaired) electrons. The largest absolute Gasteiger partial charge is 0.499 e. The van der Waals surface area contributed by atoms with Crippen LogP contribution >= 0.6 is 11.3 Å². The van der Waals surface area contributed by atoms with E-state index >= 15 is 0 Å². The van der Waals surface area contributed by atoms with Crippen LogP contribution in [0.4, 0.5) is 0 Å². The van der Waals surface area contributed by atoms with Crippen molar-refractivity contribution in [2.45, 2.75) is 0 Å². The summed E-state index contributed by atoms with van der Waals surface area (Å²) in [6.07, 6.45) is 0. The van der Waals surface area contributed by atoms with Gasteiger partial charge in [-0.05, 0) is 6.07 Å². The molecular weight excluding hydrogens is 149 g/mol. The third-order valence-electron chi connectivity index (χ3n) is 0.991. The Balaban J connectivity index is 2.91. The minimum atomic E-state index is -1.45. The molecule has 50 valence electrons. The van der Waals surface area contributed by atoms with Crippen molar-refractivity contribution in [3.05, 3.63) is 17.0 Å². The Kier molecular flexibility index (Phi) is 2.07. The summed E-state index contributed by atoms with van der Waals surface area (Å²) < 4.78 is 0.400. The molecule has 0 fully saturated rings. The Labute approximate surface area is 62.3 Å². The van der Waals surface area contributed by atoms with Gasteiger partial charge in [-0.3, -0.25) is 0 Å². The van der Waals surface area contributed by atoms with Gasteiger partial charge in [0, 0.05) is 4.78 Å². The lowest BCUT2D eigenvalue weighted by atomic mass is 9.90. The predicted octanol–water partition coefficient (Wildman–Crippen LogP) is -0.700. The molecule has 0 aliphatic rings. The Hall–Kier alpha value is -0.825. The molecule has 0 saturated heterocycles. The van der Waals surface area contributed by atoms with E-state index in [1.54, 1.807) is 6.07 Å². The zero-order valence-electron chi connectivity index (χ0n) is 4.98. The van der Waals surface area contributed by atoms with E-state index in [4.69, 9.17) is 15.3 Å². The third kappa shape index (κ3) is 1.36. The molecular formula is C5H4BNO2S. The van der Waals surface area contributed by atoms with Crippen molar-refractivity contribution < 1.29 is 10.0 Å². The fourth-order valence-electron chi connectivity index (χ4n) is 0.552. The van der Waals surface area contributed by atoms with Crippen LogP contribution in [0.15, 0.2) is 12.1 Å². The molecule has 2 N–H and O–H groups in total. The van der Waals surface area contributed by atoms with Gasteiger partial charge in [0.2, 0.25) is 0 Å². The fourth-order valence-corrected chi connectivity index (χ4v) is 1.23. The molecule has 1 rings (SSSR count). The molecule has 5 heteroatoms. The molecule has 1 heterocycles. The van der Waals surface area contributed by atoms with Crippen LogP contribution in [0.25, 0.3) is 0 Å². The average Bonchev–Trinajstić information content (AvgIpc) is 2.34. The van der Waals surface area contributed by atoms with E-state index in [0.29, 0.717) is 9.65 Å². The third-order valence-corrected chi connectivity index (χ3v) is 2.02. The molecule has 10 heavy (non-hydrogen) atoms. The van der Waals surface area contributed by atoms with Gasteiger partial charge in [-0.1, -0.05) is 6.07 Å². The summed E-state index contributed by atoms with van der Waals surface area (Å²) >= 11 is 1.08. The number of nitriles is 1. The van der Waals surface area contributed by atoms with Crippen molar-refractivity contribution in [1.29, 1.82) is 5.26 Å². The Bertz CT molecular complexity index is 265. The van der Waals surface area contributed by atoms with E-state index in [1.165, 1.54) is 6.07 Å². The lowest BCUT2D eigenvalue weighted by molar-refractivity contribution is 0.427. The smallest absolute Gasteiger partial charge is 0.423 e. The van der Waals surface area contributed by atoms with Gasteiger partial charge >= 0.3 is 7.12 Å². The summed E-state index contributed by atoms with van der Waals surface area (Å²) in [6, 6.07) is 4.98. The standard InChI is InChI=1S/C5H4BNO2S/c7-3-4-1-2-5(10-4)6(8)9/h1-2,8-9H.